The molecule has 0 spiro atoms. The Kier molecular flexibility index (Phi) is 6.51. The van der Waals surface area contributed by atoms with Gasteiger partial charge in [-0.3, -0.25) is 9.59 Å². The number of hydrogen-bond acceptors (Lipinski definition) is 5. The Balaban J connectivity index is 1.62. The predicted octanol–water partition coefficient (Wildman–Crippen LogP) is 5.26. The van der Waals surface area contributed by atoms with Crippen molar-refractivity contribution < 1.29 is 18.0 Å². The lowest BCUT2D eigenvalue weighted by Gasteiger charge is -2.49. The van der Waals surface area contributed by atoms with E-state index in [2.05, 4.69) is 32.6 Å². The molecule has 0 saturated heterocycles. The van der Waals surface area contributed by atoms with E-state index in [-0.39, 0.29) is 33.2 Å². The van der Waals surface area contributed by atoms with Gasteiger partial charge >= 0.3 is 0 Å². The Bertz CT molecular complexity index is 1410. The van der Waals surface area contributed by atoms with Gasteiger partial charge < -0.3 is 4.90 Å². The average Bonchev–Trinajstić information content (AvgIpc) is 2.81. The number of nitrogens with two attached hydrogens (primary N) is 1. The molecule has 200 valence electrons. The van der Waals surface area contributed by atoms with E-state index in [0.717, 1.165) is 46.5 Å². The maximum atomic E-state index is 13.8. The van der Waals surface area contributed by atoms with E-state index in [1.165, 1.54) is 12.1 Å². The number of rotatable bonds is 5. The first-order chi connectivity index (χ1) is 17.8. The van der Waals surface area contributed by atoms with Crippen molar-refractivity contribution >= 4 is 21.6 Å². The number of Topliss-reactive ketones (excluding diaryl/α,β-unsaturated/α-hetero) is 2. The first-order valence-electron chi connectivity index (χ1n) is 13.2. The summed E-state index contributed by atoms with van der Waals surface area (Å²) in [4.78, 5) is 29.9. The molecule has 6 nitrogen and oxygen atoms in total. The van der Waals surface area contributed by atoms with E-state index in [9.17, 15) is 18.0 Å². The van der Waals surface area contributed by atoms with Crippen LogP contribution < -0.4 is 5.14 Å². The van der Waals surface area contributed by atoms with E-state index in [1.54, 1.807) is 12.1 Å². The fraction of sp³-hybridized carbons (Fsp3) is 0.419. The number of carbonyl (C=O) groups is 2. The summed E-state index contributed by atoms with van der Waals surface area (Å²) in [5.41, 5.74) is 5.20. The van der Waals surface area contributed by atoms with Crippen LogP contribution in [0.1, 0.15) is 70.4 Å². The van der Waals surface area contributed by atoms with Gasteiger partial charge in [-0.15, -0.1) is 0 Å². The molecule has 2 aromatic carbocycles. The highest BCUT2D eigenvalue weighted by Gasteiger charge is 2.48. The maximum absolute atomic E-state index is 13.8. The highest BCUT2D eigenvalue weighted by Crippen LogP contribution is 2.54. The summed E-state index contributed by atoms with van der Waals surface area (Å²) in [5.74, 6) is -0.0905. The van der Waals surface area contributed by atoms with Crippen molar-refractivity contribution in [2.75, 3.05) is 6.54 Å². The highest BCUT2D eigenvalue weighted by atomic mass is 32.2. The van der Waals surface area contributed by atoms with Crippen molar-refractivity contribution in [1.29, 1.82) is 0 Å². The second kappa shape index (κ2) is 9.31. The van der Waals surface area contributed by atoms with Crippen LogP contribution in [0.4, 0.5) is 0 Å². The van der Waals surface area contributed by atoms with Crippen molar-refractivity contribution in [1.82, 2.24) is 4.90 Å². The zero-order valence-electron chi connectivity index (χ0n) is 22.6. The Morgan fingerprint density at radius 2 is 1.29 bits per heavy atom. The van der Waals surface area contributed by atoms with Gasteiger partial charge in [0, 0.05) is 47.8 Å². The number of primary sulfonamides is 1. The Hall–Kier alpha value is -3.03. The number of nitrogens with zero attached hydrogens (tertiary/aromatic N) is 1. The molecule has 3 aliphatic rings. The molecule has 7 heteroatoms. The van der Waals surface area contributed by atoms with Crippen LogP contribution in [0.2, 0.25) is 0 Å². The van der Waals surface area contributed by atoms with Crippen LogP contribution in [0, 0.1) is 10.8 Å². The summed E-state index contributed by atoms with van der Waals surface area (Å²) in [6, 6.07) is 16.6. The van der Waals surface area contributed by atoms with Gasteiger partial charge in [0.2, 0.25) is 10.0 Å². The Morgan fingerprint density at radius 1 is 0.789 bits per heavy atom. The molecule has 5 rings (SSSR count). The van der Waals surface area contributed by atoms with Gasteiger partial charge in [-0.1, -0.05) is 70.2 Å². The fourth-order valence-electron chi connectivity index (χ4n) is 6.38. The summed E-state index contributed by atoms with van der Waals surface area (Å²) < 4.78 is 23.4. The number of hydrogen-bond donors (Lipinski definition) is 1. The zero-order valence-corrected chi connectivity index (χ0v) is 23.4. The number of benzene rings is 2. The number of carbonyl (C=O) groups excluding carboxylic acids is 2. The smallest absolute Gasteiger partial charge is 0.238 e. The number of ketones is 2. The number of allylic oxidation sites excluding steroid dienone is 4. The van der Waals surface area contributed by atoms with Gasteiger partial charge in [0.1, 0.15) is 0 Å². The van der Waals surface area contributed by atoms with Crippen molar-refractivity contribution in [3.63, 3.8) is 0 Å². The van der Waals surface area contributed by atoms with Crippen molar-refractivity contribution in [3.8, 4) is 0 Å². The minimum absolute atomic E-state index is 0.0826. The summed E-state index contributed by atoms with van der Waals surface area (Å²) in [6.07, 6.45) is 3.07. The van der Waals surface area contributed by atoms with E-state index in [1.807, 2.05) is 30.3 Å². The molecule has 0 aromatic heterocycles. The second-order valence-corrected chi connectivity index (χ2v) is 14.1. The quantitative estimate of drug-likeness (QED) is 0.566. The van der Waals surface area contributed by atoms with Crippen LogP contribution >= 0.6 is 0 Å². The summed E-state index contributed by atoms with van der Waals surface area (Å²) in [5, 5.41) is 5.27. The van der Waals surface area contributed by atoms with Crippen LogP contribution in [0.5, 0.6) is 0 Å². The molecule has 0 saturated carbocycles. The fourth-order valence-corrected chi connectivity index (χ4v) is 6.90. The lowest BCUT2D eigenvalue weighted by atomic mass is 9.63. The van der Waals surface area contributed by atoms with E-state index >= 15 is 0 Å². The maximum Gasteiger partial charge on any atom is 0.238 e. The van der Waals surface area contributed by atoms with E-state index in [4.69, 9.17) is 5.14 Å². The van der Waals surface area contributed by atoms with Crippen LogP contribution in [0.15, 0.2) is 82.0 Å². The summed E-state index contributed by atoms with van der Waals surface area (Å²) in [6.45, 7) is 9.14. The lowest BCUT2D eigenvalue weighted by Crippen LogP contribution is -2.45. The molecule has 38 heavy (non-hydrogen) atoms. The molecule has 1 aliphatic heterocycles. The lowest BCUT2D eigenvalue weighted by molar-refractivity contribution is -0.119. The molecular weight excluding hydrogens is 496 g/mol. The number of sulfonamides is 1. The van der Waals surface area contributed by atoms with E-state index in [0.29, 0.717) is 25.8 Å². The standard InChI is InChI=1S/C31H36N2O4S/c1-30(2)16-23-28(25(34)18-30)27(21-8-6-5-7-9-21)29-24(17-31(3,4)19-26(29)35)33(23)15-14-20-10-12-22(13-11-20)38(32,36)37/h5-13,27H,14-19H2,1-4H3,(H2,32,36,37). The van der Waals surface area contributed by atoms with Crippen molar-refractivity contribution in [2.24, 2.45) is 16.0 Å². The van der Waals surface area contributed by atoms with Crippen LogP contribution in [-0.4, -0.2) is 31.4 Å². The third kappa shape index (κ3) is 5.02. The molecule has 1 heterocycles. The first kappa shape index (κ1) is 26.6. The van der Waals surface area contributed by atoms with Crippen LogP contribution in [0.25, 0.3) is 0 Å². The molecule has 0 atom stereocenters. The molecule has 2 N–H and O–H groups in total. The largest absolute Gasteiger partial charge is 0.347 e. The topological polar surface area (TPSA) is 97.5 Å². The summed E-state index contributed by atoms with van der Waals surface area (Å²) >= 11 is 0. The molecule has 2 aliphatic carbocycles. The minimum Gasteiger partial charge on any atom is -0.347 e. The van der Waals surface area contributed by atoms with Crippen molar-refractivity contribution in [2.45, 2.75) is 70.6 Å². The average molecular weight is 533 g/mol. The van der Waals surface area contributed by atoms with Gasteiger partial charge in [-0.25, -0.2) is 13.6 Å². The van der Waals surface area contributed by atoms with Gasteiger partial charge in [0.25, 0.3) is 0 Å². The van der Waals surface area contributed by atoms with Gasteiger partial charge in [-0.05, 0) is 53.4 Å². The normalized spacial score (nSPS) is 21.4. The first-order valence-corrected chi connectivity index (χ1v) is 14.8. The predicted molar refractivity (Wildman–Crippen MR) is 148 cm³/mol. The van der Waals surface area contributed by atoms with E-state index < -0.39 is 10.0 Å². The Labute approximate surface area is 225 Å². The third-order valence-corrected chi connectivity index (χ3v) is 8.96. The monoisotopic (exact) mass is 532 g/mol. The van der Waals surface area contributed by atoms with Gasteiger partial charge in [0.15, 0.2) is 11.6 Å². The Morgan fingerprint density at radius 3 is 1.76 bits per heavy atom. The summed E-state index contributed by atoms with van der Waals surface area (Å²) in [7, 11) is -3.76. The molecule has 0 bridgehead atoms. The molecule has 0 radical (unpaired) electrons. The van der Waals surface area contributed by atoms with Gasteiger partial charge in [0.05, 0.1) is 4.90 Å². The second-order valence-electron chi connectivity index (χ2n) is 12.5. The third-order valence-electron chi connectivity index (χ3n) is 8.03. The zero-order chi connectivity index (χ0) is 27.5. The molecule has 0 amide bonds. The van der Waals surface area contributed by atoms with Crippen LogP contribution in [-0.2, 0) is 26.0 Å². The minimum atomic E-state index is -3.76. The SMILES string of the molecule is CC1(C)CC(=O)C2=C(C1)N(CCc1ccc(S(N)(=O)=O)cc1)C1=C(C(=O)CC(C)(C)C1)C2c1ccccc1. The molecule has 0 fully saturated rings. The molecule has 0 unspecified atom stereocenters. The van der Waals surface area contributed by atoms with Crippen molar-refractivity contribution in [3.05, 3.63) is 88.3 Å². The van der Waals surface area contributed by atoms with Gasteiger partial charge in [-0.2, -0.15) is 0 Å². The van der Waals surface area contributed by atoms with Crippen LogP contribution in [0.3, 0.4) is 0 Å². The molecule has 2 aromatic rings. The molecular formula is C31H36N2O4S. The highest BCUT2D eigenvalue weighted by molar-refractivity contribution is 7.89.